The summed E-state index contributed by atoms with van der Waals surface area (Å²) in [5.74, 6) is -0.784. The molecule has 102 valence electrons. The molecule has 2 aromatic rings. The van der Waals surface area contributed by atoms with Crippen LogP contribution in [0.5, 0.6) is 0 Å². The predicted molar refractivity (Wildman–Crippen MR) is 68.7 cm³/mol. The smallest absolute Gasteiger partial charge is 0.305 e. The minimum atomic E-state index is -0.941. The zero-order valence-corrected chi connectivity index (χ0v) is 10.2. The van der Waals surface area contributed by atoms with E-state index in [-0.39, 0.29) is 18.9 Å². The molecule has 20 heavy (non-hydrogen) atoms. The van der Waals surface area contributed by atoms with Gasteiger partial charge in [0.2, 0.25) is 12.2 Å². The Morgan fingerprint density at radius 3 is 3.00 bits per heavy atom. The average Bonchev–Trinajstić information content (AvgIpc) is 2.86. The minimum Gasteiger partial charge on any atom is -0.481 e. The molecule has 0 aliphatic heterocycles. The zero-order chi connectivity index (χ0) is 14.4. The maximum Gasteiger partial charge on any atom is 0.305 e. The number of aromatic nitrogens is 2. The summed E-state index contributed by atoms with van der Waals surface area (Å²) >= 11 is 0. The Bertz CT molecular complexity index is 687. The molecular formula is C11H10N6O3. The van der Waals surface area contributed by atoms with Gasteiger partial charge >= 0.3 is 5.97 Å². The van der Waals surface area contributed by atoms with Crippen molar-refractivity contribution in [1.82, 2.24) is 15.6 Å². The fourth-order valence-corrected chi connectivity index (χ4v) is 1.45. The van der Waals surface area contributed by atoms with Crippen LogP contribution in [0.1, 0.15) is 6.42 Å². The van der Waals surface area contributed by atoms with Crippen molar-refractivity contribution in [1.29, 1.82) is 5.26 Å². The summed E-state index contributed by atoms with van der Waals surface area (Å²) in [5, 5.41) is 30.1. The Balaban J connectivity index is 2.05. The van der Waals surface area contributed by atoms with Crippen LogP contribution in [-0.4, -0.2) is 33.9 Å². The van der Waals surface area contributed by atoms with Gasteiger partial charge in [0.15, 0.2) is 0 Å². The number of aliphatic imine (C=N–C) groups is 1. The molecule has 3 N–H and O–H groups in total. The minimum absolute atomic E-state index is 0.0850. The van der Waals surface area contributed by atoms with E-state index in [0.29, 0.717) is 16.7 Å². The van der Waals surface area contributed by atoms with Gasteiger partial charge in [-0.05, 0) is 28.5 Å². The topological polar surface area (TPSA) is 136 Å². The molecule has 0 saturated heterocycles. The number of aliphatic carboxylic acids is 1. The van der Waals surface area contributed by atoms with E-state index < -0.39 is 5.97 Å². The van der Waals surface area contributed by atoms with Crippen molar-refractivity contribution in [3.63, 3.8) is 0 Å². The second-order valence-corrected chi connectivity index (χ2v) is 3.72. The van der Waals surface area contributed by atoms with Gasteiger partial charge in [-0.25, -0.2) is 4.63 Å². The zero-order valence-electron chi connectivity index (χ0n) is 10.2. The van der Waals surface area contributed by atoms with Crippen molar-refractivity contribution in [3.05, 3.63) is 18.2 Å². The molecule has 0 aliphatic carbocycles. The molecule has 1 aromatic carbocycles. The maximum atomic E-state index is 10.4. The third kappa shape index (κ3) is 3.42. The summed E-state index contributed by atoms with van der Waals surface area (Å²) in [4.78, 5) is 14.0. The second kappa shape index (κ2) is 6.14. The molecule has 9 heteroatoms. The Hall–Kier alpha value is -3.15. The number of anilines is 1. The highest BCUT2D eigenvalue weighted by atomic mass is 16.6. The van der Waals surface area contributed by atoms with Crippen LogP contribution in [0.4, 0.5) is 5.69 Å². The van der Waals surface area contributed by atoms with Gasteiger partial charge < -0.3 is 15.7 Å². The SMILES string of the molecule is N#CN=C(NCCC(=O)O)Nc1ccc2nonc2c1. The van der Waals surface area contributed by atoms with Crippen molar-refractivity contribution >= 4 is 28.6 Å². The molecular weight excluding hydrogens is 264 g/mol. The van der Waals surface area contributed by atoms with Crippen LogP contribution < -0.4 is 10.6 Å². The lowest BCUT2D eigenvalue weighted by Gasteiger charge is -2.09. The van der Waals surface area contributed by atoms with Crippen molar-refractivity contribution in [2.24, 2.45) is 4.99 Å². The molecule has 2 rings (SSSR count). The van der Waals surface area contributed by atoms with E-state index in [1.807, 2.05) is 0 Å². The van der Waals surface area contributed by atoms with E-state index in [0.717, 1.165) is 0 Å². The lowest BCUT2D eigenvalue weighted by molar-refractivity contribution is -0.136. The lowest BCUT2D eigenvalue weighted by Crippen LogP contribution is -2.32. The first kappa shape index (κ1) is 13.3. The number of guanidine groups is 1. The highest BCUT2D eigenvalue weighted by molar-refractivity contribution is 5.95. The normalized spacial score (nSPS) is 11.1. The molecule has 0 aliphatic rings. The van der Waals surface area contributed by atoms with E-state index >= 15 is 0 Å². The van der Waals surface area contributed by atoms with Crippen LogP contribution in [0.25, 0.3) is 11.0 Å². The number of rotatable bonds is 4. The largest absolute Gasteiger partial charge is 0.481 e. The predicted octanol–water partition coefficient (Wildman–Crippen LogP) is 0.536. The Kier molecular flexibility index (Phi) is 4.08. The number of carboxylic acids is 1. The van der Waals surface area contributed by atoms with E-state index in [1.165, 1.54) is 0 Å². The third-order valence-corrected chi connectivity index (χ3v) is 2.31. The highest BCUT2D eigenvalue weighted by Gasteiger charge is 2.05. The fraction of sp³-hybridized carbons (Fsp3) is 0.182. The van der Waals surface area contributed by atoms with Crippen molar-refractivity contribution in [2.45, 2.75) is 6.42 Å². The number of hydrogen-bond donors (Lipinski definition) is 3. The quantitative estimate of drug-likeness (QED) is 0.417. The molecule has 1 heterocycles. The molecule has 9 nitrogen and oxygen atoms in total. The number of nitrogens with zero attached hydrogens (tertiary/aromatic N) is 4. The molecule has 1 aromatic heterocycles. The lowest BCUT2D eigenvalue weighted by atomic mass is 10.3. The first-order valence-electron chi connectivity index (χ1n) is 5.61. The molecule has 0 spiro atoms. The first-order valence-corrected chi connectivity index (χ1v) is 5.61. The maximum absolute atomic E-state index is 10.4. The van der Waals surface area contributed by atoms with Crippen LogP contribution in [0.3, 0.4) is 0 Å². The summed E-state index contributed by atoms with van der Waals surface area (Å²) in [6.45, 7) is 0.149. The Morgan fingerprint density at radius 1 is 1.45 bits per heavy atom. The molecule has 0 atom stereocenters. The summed E-state index contributed by atoms with van der Waals surface area (Å²) in [6, 6.07) is 5.06. The number of fused-ring (bicyclic) bond motifs is 1. The van der Waals surface area contributed by atoms with Crippen LogP contribution in [-0.2, 0) is 4.79 Å². The molecule has 0 radical (unpaired) electrons. The van der Waals surface area contributed by atoms with Crippen LogP contribution in [0, 0.1) is 11.5 Å². The van der Waals surface area contributed by atoms with Crippen LogP contribution in [0.2, 0.25) is 0 Å². The summed E-state index contributed by atoms with van der Waals surface area (Å²) in [6.07, 6.45) is 1.54. The second-order valence-electron chi connectivity index (χ2n) is 3.72. The third-order valence-electron chi connectivity index (χ3n) is 2.31. The van der Waals surface area contributed by atoms with Gasteiger partial charge in [-0.1, -0.05) is 0 Å². The summed E-state index contributed by atoms with van der Waals surface area (Å²) in [5.41, 5.74) is 1.77. The van der Waals surface area contributed by atoms with E-state index in [2.05, 4.69) is 30.6 Å². The number of benzene rings is 1. The average molecular weight is 274 g/mol. The van der Waals surface area contributed by atoms with Gasteiger partial charge in [0.25, 0.3) is 0 Å². The van der Waals surface area contributed by atoms with Gasteiger partial charge in [0.1, 0.15) is 11.0 Å². The molecule has 0 unspecified atom stereocenters. The molecule has 0 amide bonds. The standard InChI is InChI=1S/C11H10N6O3/c12-6-14-11(13-4-3-10(18)19)15-7-1-2-8-9(5-7)17-20-16-8/h1-2,5H,3-4H2,(H,18,19)(H2,13,14,15). The van der Waals surface area contributed by atoms with E-state index in [9.17, 15) is 4.79 Å². The molecule has 0 fully saturated rings. The Morgan fingerprint density at radius 2 is 2.25 bits per heavy atom. The fourth-order valence-electron chi connectivity index (χ4n) is 1.45. The summed E-state index contributed by atoms with van der Waals surface area (Å²) < 4.78 is 4.57. The monoisotopic (exact) mass is 274 g/mol. The first-order chi connectivity index (χ1) is 9.69. The number of carboxylic acid groups (broad SMARTS) is 1. The summed E-state index contributed by atoms with van der Waals surface area (Å²) in [7, 11) is 0. The number of hydrogen-bond acceptors (Lipinski definition) is 6. The molecule has 0 saturated carbocycles. The van der Waals surface area contributed by atoms with Gasteiger partial charge in [-0.2, -0.15) is 5.26 Å². The van der Waals surface area contributed by atoms with Gasteiger partial charge in [-0.3, -0.25) is 4.79 Å². The van der Waals surface area contributed by atoms with Crippen molar-refractivity contribution in [3.8, 4) is 6.19 Å². The van der Waals surface area contributed by atoms with Gasteiger partial charge in [0, 0.05) is 12.2 Å². The van der Waals surface area contributed by atoms with Crippen molar-refractivity contribution < 1.29 is 14.5 Å². The van der Waals surface area contributed by atoms with Crippen molar-refractivity contribution in [2.75, 3.05) is 11.9 Å². The number of nitriles is 1. The van der Waals surface area contributed by atoms with E-state index in [1.54, 1.807) is 24.4 Å². The van der Waals surface area contributed by atoms with Gasteiger partial charge in [-0.15, -0.1) is 4.99 Å². The highest BCUT2D eigenvalue weighted by Crippen LogP contribution is 2.15. The Labute approximate surface area is 112 Å². The van der Waals surface area contributed by atoms with E-state index in [4.69, 9.17) is 10.4 Å². The number of carbonyl (C=O) groups is 1. The number of nitrogens with one attached hydrogen (secondary N) is 2. The molecule has 0 bridgehead atoms. The van der Waals surface area contributed by atoms with Gasteiger partial charge in [0.05, 0.1) is 6.42 Å². The van der Waals surface area contributed by atoms with Crippen LogP contribution >= 0.6 is 0 Å². The van der Waals surface area contributed by atoms with Crippen LogP contribution in [0.15, 0.2) is 27.8 Å².